The molecule has 2 aliphatic carbocycles. The number of amides is 2. The van der Waals surface area contributed by atoms with Gasteiger partial charge >= 0.3 is 0 Å². The fourth-order valence-corrected chi connectivity index (χ4v) is 5.42. The molecule has 3 fully saturated rings. The third-order valence-electron chi connectivity index (χ3n) is 6.84. The molecule has 2 N–H and O–H groups in total. The van der Waals surface area contributed by atoms with E-state index in [0.717, 1.165) is 25.3 Å². The Morgan fingerprint density at radius 2 is 1.64 bits per heavy atom. The van der Waals surface area contributed by atoms with E-state index in [0.29, 0.717) is 23.8 Å². The van der Waals surface area contributed by atoms with Crippen LogP contribution in [0.25, 0.3) is 0 Å². The summed E-state index contributed by atoms with van der Waals surface area (Å²) in [6.45, 7) is 1.44. The average molecular weight is 384 g/mol. The van der Waals surface area contributed by atoms with Gasteiger partial charge in [0.15, 0.2) is 0 Å². The number of hydrogen-bond acceptors (Lipinski definition) is 3. The molecular weight excluding hydrogens is 350 g/mol. The van der Waals surface area contributed by atoms with E-state index in [1.807, 2.05) is 18.2 Å². The van der Waals surface area contributed by atoms with Gasteiger partial charge in [0.25, 0.3) is 5.91 Å². The second-order valence-electron chi connectivity index (χ2n) is 8.77. The first-order valence-corrected chi connectivity index (χ1v) is 11.1. The number of nitrogens with one attached hydrogen (secondary N) is 2. The zero-order chi connectivity index (χ0) is 19.3. The monoisotopic (exact) mass is 383 g/mol. The Labute approximate surface area is 168 Å². The molecule has 2 saturated carbocycles. The number of likely N-dealkylation sites (tertiary alicyclic amines) is 1. The SMILES string of the molecule is O=C(CN1CCC[C@@H]2CCCC[C@H]21)Nc1ccccc1C(=O)NC1CCCC1. The van der Waals surface area contributed by atoms with E-state index < -0.39 is 0 Å². The van der Waals surface area contributed by atoms with Crippen LogP contribution in [0, 0.1) is 5.92 Å². The summed E-state index contributed by atoms with van der Waals surface area (Å²) in [6, 6.07) is 8.21. The lowest BCUT2D eigenvalue weighted by Gasteiger charge is -2.43. The molecule has 3 aliphatic rings. The second-order valence-corrected chi connectivity index (χ2v) is 8.77. The van der Waals surface area contributed by atoms with Crippen molar-refractivity contribution in [2.45, 2.75) is 76.3 Å². The van der Waals surface area contributed by atoms with E-state index >= 15 is 0 Å². The van der Waals surface area contributed by atoms with Crippen molar-refractivity contribution in [2.75, 3.05) is 18.4 Å². The highest BCUT2D eigenvalue weighted by Crippen LogP contribution is 2.35. The number of para-hydroxylation sites is 1. The van der Waals surface area contributed by atoms with Crippen molar-refractivity contribution in [2.24, 2.45) is 5.92 Å². The fraction of sp³-hybridized carbons (Fsp3) is 0.652. The number of carbonyl (C=O) groups is 2. The summed E-state index contributed by atoms with van der Waals surface area (Å²) in [5.74, 6) is 0.681. The quantitative estimate of drug-likeness (QED) is 0.809. The molecule has 0 unspecified atom stereocenters. The van der Waals surface area contributed by atoms with Gasteiger partial charge in [-0.3, -0.25) is 14.5 Å². The molecule has 4 rings (SSSR count). The zero-order valence-electron chi connectivity index (χ0n) is 16.8. The second kappa shape index (κ2) is 9.08. The maximum absolute atomic E-state index is 12.8. The first-order valence-electron chi connectivity index (χ1n) is 11.1. The number of nitrogens with zero attached hydrogens (tertiary/aromatic N) is 1. The van der Waals surface area contributed by atoms with Crippen LogP contribution in [0.5, 0.6) is 0 Å². The number of anilines is 1. The van der Waals surface area contributed by atoms with Gasteiger partial charge in [0.05, 0.1) is 17.8 Å². The van der Waals surface area contributed by atoms with Crippen LogP contribution in [-0.2, 0) is 4.79 Å². The lowest BCUT2D eigenvalue weighted by atomic mass is 9.78. The predicted octanol–water partition coefficient (Wildman–Crippen LogP) is 3.95. The standard InChI is InChI=1S/C23H33N3O2/c27-22(16-26-15-7-9-17-8-1-6-14-21(17)26)25-20-13-5-4-12-19(20)23(28)24-18-10-2-3-11-18/h4-5,12-13,17-18,21H,1-3,6-11,14-16H2,(H,24,28)(H,25,27)/t17-,21+/m0/s1. The minimum atomic E-state index is -0.0758. The molecule has 5 heteroatoms. The predicted molar refractivity (Wildman–Crippen MR) is 111 cm³/mol. The Kier molecular flexibility index (Phi) is 6.30. The molecule has 1 saturated heterocycles. The Balaban J connectivity index is 1.38. The largest absolute Gasteiger partial charge is 0.349 e. The third kappa shape index (κ3) is 4.57. The van der Waals surface area contributed by atoms with Crippen LogP contribution >= 0.6 is 0 Å². The van der Waals surface area contributed by atoms with Crippen molar-refractivity contribution in [3.63, 3.8) is 0 Å². The number of carbonyl (C=O) groups excluding carboxylic acids is 2. The molecule has 0 aromatic heterocycles. The molecular formula is C23H33N3O2. The maximum Gasteiger partial charge on any atom is 0.253 e. The van der Waals surface area contributed by atoms with Crippen LogP contribution in [0.3, 0.4) is 0 Å². The van der Waals surface area contributed by atoms with Crippen molar-refractivity contribution in [1.29, 1.82) is 0 Å². The Morgan fingerprint density at radius 1 is 0.929 bits per heavy atom. The molecule has 2 atom stereocenters. The molecule has 0 bridgehead atoms. The van der Waals surface area contributed by atoms with Gasteiger partial charge in [0.2, 0.25) is 5.91 Å². The van der Waals surface area contributed by atoms with E-state index in [4.69, 9.17) is 0 Å². The Bertz CT molecular complexity index is 697. The molecule has 1 aromatic carbocycles. The summed E-state index contributed by atoms with van der Waals surface area (Å²) in [5, 5.41) is 6.14. The van der Waals surface area contributed by atoms with E-state index in [-0.39, 0.29) is 17.9 Å². The molecule has 2 amide bonds. The van der Waals surface area contributed by atoms with Gasteiger partial charge in [-0.05, 0) is 63.1 Å². The minimum absolute atomic E-state index is 0.00709. The average Bonchev–Trinajstić information content (AvgIpc) is 3.21. The van der Waals surface area contributed by atoms with Gasteiger partial charge < -0.3 is 10.6 Å². The van der Waals surface area contributed by atoms with Gasteiger partial charge in [-0.2, -0.15) is 0 Å². The highest BCUT2D eigenvalue weighted by Gasteiger charge is 2.34. The zero-order valence-corrected chi connectivity index (χ0v) is 16.8. The van der Waals surface area contributed by atoms with Crippen LogP contribution in [0.1, 0.15) is 74.6 Å². The summed E-state index contributed by atoms with van der Waals surface area (Å²) >= 11 is 0. The molecule has 1 heterocycles. The highest BCUT2D eigenvalue weighted by atomic mass is 16.2. The molecule has 152 valence electrons. The molecule has 0 spiro atoms. The number of fused-ring (bicyclic) bond motifs is 1. The summed E-state index contributed by atoms with van der Waals surface area (Å²) in [7, 11) is 0. The Hall–Kier alpha value is -1.88. The van der Waals surface area contributed by atoms with Gasteiger partial charge in [-0.25, -0.2) is 0 Å². The van der Waals surface area contributed by atoms with Crippen molar-refractivity contribution in [1.82, 2.24) is 10.2 Å². The van der Waals surface area contributed by atoms with Crippen LogP contribution in [0.4, 0.5) is 5.69 Å². The van der Waals surface area contributed by atoms with Gasteiger partial charge in [0, 0.05) is 12.1 Å². The summed E-state index contributed by atoms with van der Waals surface area (Å²) in [6.07, 6.45) is 12.1. The first kappa shape index (κ1) is 19.4. The van der Waals surface area contributed by atoms with Gasteiger partial charge in [0.1, 0.15) is 0 Å². The topological polar surface area (TPSA) is 61.4 Å². The van der Waals surface area contributed by atoms with Crippen LogP contribution in [0.2, 0.25) is 0 Å². The molecule has 28 heavy (non-hydrogen) atoms. The fourth-order valence-electron chi connectivity index (χ4n) is 5.42. The van der Waals surface area contributed by atoms with Crippen molar-refractivity contribution < 1.29 is 9.59 Å². The van der Waals surface area contributed by atoms with E-state index in [9.17, 15) is 9.59 Å². The van der Waals surface area contributed by atoms with Crippen LogP contribution in [0.15, 0.2) is 24.3 Å². The Morgan fingerprint density at radius 3 is 2.50 bits per heavy atom. The lowest BCUT2D eigenvalue weighted by molar-refractivity contribution is -0.118. The van der Waals surface area contributed by atoms with Crippen molar-refractivity contribution >= 4 is 17.5 Å². The smallest absolute Gasteiger partial charge is 0.253 e. The van der Waals surface area contributed by atoms with Gasteiger partial charge in [-0.15, -0.1) is 0 Å². The first-order chi connectivity index (χ1) is 13.7. The third-order valence-corrected chi connectivity index (χ3v) is 6.84. The summed E-state index contributed by atoms with van der Waals surface area (Å²) in [4.78, 5) is 27.9. The van der Waals surface area contributed by atoms with E-state index in [1.165, 1.54) is 51.4 Å². The highest BCUT2D eigenvalue weighted by molar-refractivity contribution is 6.04. The van der Waals surface area contributed by atoms with Crippen molar-refractivity contribution in [3.8, 4) is 0 Å². The summed E-state index contributed by atoms with van der Waals surface area (Å²) < 4.78 is 0. The maximum atomic E-state index is 12.8. The van der Waals surface area contributed by atoms with E-state index in [2.05, 4.69) is 15.5 Å². The minimum Gasteiger partial charge on any atom is -0.349 e. The molecule has 0 radical (unpaired) electrons. The van der Waals surface area contributed by atoms with E-state index in [1.54, 1.807) is 6.07 Å². The molecule has 1 aromatic rings. The number of rotatable bonds is 5. The molecule has 5 nitrogen and oxygen atoms in total. The van der Waals surface area contributed by atoms with Crippen LogP contribution in [-0.4, -0.2) is 41.9 Å². The molecule has 1 aliphatic heterocycles. The van der Waals surface area contributed by atoms with Gasteiger partial charge in [-0.1, -0.05) is 37.8 Å². The number of hydrogen-bond donors (Lipinski definition) is 2. The normalized spacial score (nSPS) is 25.9. The lowest BCUT2D eigenvalue weighted by Crippen LogP contribution is -2.49. The van der Waals surface area contributed by atoms with Crippen molar-refractivity contribution in [3.05, 3.63) is 29.8 Å². The summed E-state index contributed by atoms with van der Waals surface area (Å²) in [5.41, 5.74) is 1.19. The number of piperidine rings is 1. The van der Waals surface area contributed by atoms with Crippen LogP contribution < -0.4 is 10.6 Å². The number of benzene rings is 1.